The van der Waals surface area contributed by atoms with E-state index in [1.54, 1.807) is 0 Å². The average molecular weight is 544 g/mol. The number of nitrogens with zero attached hydrogens (tertiary/aromatic N) is 4. The molecule has 3 fully saturated rings. The van der Waals surface area contributed by atoms with Gasteiger partial charge in [0.1, 0.15) is 6.04 Å². The third-order valence-corrected chi connectivity index (χ3v) is 8.96. The Morgan fingerprint density at radius 1 is 1.11 bits per heavy atom. The van der Waals surface area contributed by atoms with Crippen molar-refractivity contribution in [1.82, 2.24) is 18.8 Å². The van der Waals surface area contributed by atoms with Gasteiger partial charge in [-0.25, -0.2) is 0 Å². The minimum absolute atomic E-state index is 0.00262. The van der Waals surface area contributed by atoms with Crippen molar-refractivity contribution in [2.45, 2.75) is 44.1 Å². The lowest BCUT2D eigenvalue weighted by Gasteiger charge is -2.41. The number of carbonyl (C=O) groups is 2. The summed E-state index contributed by atoms with van der Waals surface area (Å²) in [6.07, 6.45) is -4.52. The Labute approximate surface area is 212 Å². The fourth-order valence-electron chi connectivity index (χ4n) is 4.88. The molecule has 202 valence electrons. The van der Waals surface area contributed by atoms with Gasteiger partial charge in [0.2, 0.25) is 11.8 Å². The van der Waals surface area contributed by atoms with Gasteiger partial charge in [0.25, 0.3) is 10.2 Å². The van der Waals surface area contributed by atoms with Crippen LogP contribution in [0.4, 0.5) is 13.2 Å². The van der Waals surface area contributed by atoms with Crippen LogP contribution in [0.25, 0.3) is 0 Å². The van der Waals surface area contributed by atoms with E-state index in [0.717, 1.165) is 12.1 Å². The van der Waals surface area contributed by atoms with Gasteiger partial charge in [-0.3, -0.25) is 9.59 Å². The molecule has 2 amide bonds. The maximum absolute atomic E-state index is 13.3. The fourth-order valence-corrected chi connectivity index (χ4v) is 6.68. The van der Waals surface area contributed by atoms with Gasteiger partial charge < -0.3 is 15.3 Å². The Morgan fingerprint density at radius 3 is 2.41 bits per heavy atom. The lowest BCUT2D eigenvalue weighted by Crippen LogP contribution is -2.57. The molecule has 37 heavy (non-hydrogen) atoms. The molecule has 10 nitrogen and oxygen atoms in total. The minimum Gasteiger partial charge on any atom is -0.391 e. The van der Waals surface area contributed by atoms with E-state index < -0.39 is 51.8 Å². The number of nitriles is 1. The number of nitrogens with one attached hydrogen (secondary N) is 1. The number of hydrogen-bond donors (Lipinski definition) is 2. The summed E-state index contributed by atoms with van der Waals surface area (Å²) in [5.74, 6) is -2.00. The molecule has 0 aromatic heterocycles. The van der Waals surface area contributed by atoms with Gasteiger partial charge in [-0.15, -0.1) is 0 Å². The lowest BCUT2D eigenvalue weighted by molar-refractivity contribution is -0.142. The highest BCUT2D eigenvalue weighted by Crippen LogP contribution is 2.30. The number of piperidine rings is 1. The van der Waals surface area contributed by atoms with Crippen molar-refractivity contribution in [1.29, 1.82) is 5.26 Å². The number of aliphatic hydroxyl groups is 1. The Bertz CT molecular complexity index is 1160. The molecule has 0 spiro atoms. The monoisotopic (exact) mass is 543 g/mol. The maximum Gasteiger partial charge on any atom is 0.416 e. The van der Waals surface area contributed by atoms with E-state index in [-0.39, 0.29) is 51.6 Å². The van der Waals surface area contributed by atoms with Gasteiger partial charge in [-0.05, 0) is 30.5 Å². The van der Waals surface area contributed by atoms with Crippen LogP contribution >= 0.6 is 0 Å². The predicted octanol–water partition coefficient (Wildman–Crippen LogP) is 0.696. The second-order valence-electron chi connectivity index (χ2n) is 9.66. The standard InChI is InChI=1S/C23H28F3N5O5S/c24-23(25,26)18-5-3-15(4-6-18)10-28-21(33)20-8-19(32)14-31(20)22(34)17-2-1-7-29(13-17)37(35,36)30-11-16(9-27)12-30/h3-6,16-17,19-20,32H,1-2,7-8,10-14H2,(H,28,33)/t17?,19-,20-/m1/s1. The molecule has 0 bridgehead atoms. The number of aliphatic hydroxyl groups excluding tert-OH is 1. The average Bonchev–Trinajstić information content (AvgIpc) is 3.22. The van der Waals surface area contributed by atoms with Gasteiger partial charge in [0.15, 0.2) is 0 Å². The largest absolute Gasteiger partial charge is 0.416 e. The van der Waals surface area contributed by atoms with Gasteiger partial charge in [-0.2, -0.15) is 35.5 Å². The number of benzene rings is 1. The summed E-state index contributed by atoms with van der Waals surface area (Å²) < 4.78 is 66.5. The zero-order chi connectivity index (χ0) is 27.0. The lowest BCUT2D eigenvalue weighted by atomic mass is 9.97. The highest BCUT2D eigenvalue weighted by Gasteiger charge is 2.45. The molecule has 0 radical (unpaired) electrons. The van der Waals surface area contributed by atoms with Crippen LogP contribution in [0.3, 0.4) is 0 Å². The summed E-state index contributed by atoms with van der Waals surface area (Å²) in [6, 6.07) is 5.39. The van der Waals surface area contributed by atoms with Gasteiger partial charge in [0, 0.05) is 45.7 Å². The number of likely N-dealkylation sites (tertiary alicyclic amines) is 1. The van der Waals surface area contributed by atoms with Crippen molar-refractivity contribution in [2.75, 3.05) is 32.7 Å². The number of amides is 2. The van der Waals surface area contributed by atoms with E-state index in [9.17, 15) is 36.3 Å². The second-order valence-corrected chi connectivity index (χ2v) is 11.6. The summed E-state index contributed by atoms with van der Waals surface area (Å²) in [4.78, 5) is 27.5. The Hall–Kier alpha value is -2.73. The molecule has 14 heteroatoms. The van der Waals surface area contributed by atoms with Crippen LogP contribution in [0.15, 0.2) is 24.3 Å². The molecule has 3 saturated heterocycles. The van der Waals surface area contributed by atoms with Crippen LogP contribution < -0.4 is 5.32 Å². The Balaban J connectivity index is 1.37. The molecule has 0 saturated carbocycles. The van der Waals surface area contributed by atoms with Crippen LogP contribution in [0.2, 0.25) is 0 Å². The second kappa shape index (κ2) is 10.6. The first kappa shape index (κ1) is 27.3. The van der Waals surface area contributed by atoms with Crippen molar-refractivity contribution >= 4 is 22.0 Å². The number of halogens is 3. The molecular weight excluding hydrogens is 515 g/mol. The number of hydrogen-bond acceptors (Lipinski definition) is 6. The Morgan fingerprint density at radius 2 is 1.78 bits per heavy atom. The van der Waals surface area contributed by atoms with Crippen molar-refractivity contribution in [3.8, 4) is 6.07 Å². The number of carbonyl (C=O) groups excluding carboxylic acids is 2. The summed E-state index contributed by atoms with van der Waals surface area (Å²) in [5.41, 5.74) is -0.365. The smallest absolute Gasteiger partial charge is 0.391 e. The van der Waals surface area contributed by atoms with Crippen LogP contribution in [0, 0.1) is 23.2 Å². The predicted molar refractivity (Wildman–Crippen MR) is 123 cm³/mol. The van der Waals surface area contributed by atoms with Gasteiger partial charge in [0.05, 0.1) is 29.6 Å². The number of rotatable bonds is 6. The molecule has 3 atom stereocenters. The molecule has 2 N–H and O–H groups in total. The first-order valence-corrected chi connectivity index (χ1v) is 13.4. The van der Waals surface area contributed by atoms with Crippen LogP contribution in [0.1, 0.15) is 30.4 Å². The van der Waals surface area contributed by atoms with Crippen molar-refractivity contribution < 1.29 is 36.3 Å². The minimum atomic E-state index is -4.47. The van der Waals surface area contributed by atoms with E-state index in [4.69, 9.17) is 5.26 Å². The van der Waals surface area contributed by atoms with E-state index in [2.05, 4.69) is 5.32 Å². The van der Waals surface area contributed by atoms with Crippen LogP contribution in [-0.2, 0) is 32.5 Å². The quantitative estimate of drug-likeness (QED) is 0.543. The normalized spacial score (nSPS) is 25.9. The SMILES string of the molecule is N#CC1CN(S(=O)(=O)N2CCCC(C(=O)N3C[C@H](O)C[C@@H]3C(=O)NCc3ccc(C(F)(F)F)cc3)C2)C1. The zero-order valence-electron chi connectivity index (χ0n) is 19.9. The molecule has 3 aliphatic rings. The number of alkyl halides is 3. The first-order valence-electron chi connectivity index (χ1n) is 12.0. The van der Waals surface area contributed by atoms with Crippen LogP contribution in [0.5, 0.6) is 0 Å². The molecule has 1 unspecified atom stereocenters. The van der Waals surface area contributed by atoms with Crippen molar-refractivity contribution in [2.24, 2.45) is 11.8 Å². The maximum atomic E-state index is 13.3. The van der Waals surface area contributed by atoms with E-state index in [0.29, 0.717) is 18.4 Å². The topological polar surface area (TPSA) is 134 Å². The molecule has 3 aliphatic heterocycles. The van der Waals surface area contributed by atoms with E-state index in [1.165, 1.54) is 25.6 Å². The Kier molecular flexibility index (Phi) is 7.80. The van der Waals surface area contributed by atoms with Gasteiger partial charge >= 0.3 is 6.18 Å². The number of β-amino-alcohol motifs (C(OH)–C–C–N with tert-alkyl or cyclic N) is 1. The van der Waals surface area contributed by atoms with E-state index in [1.807, 2.05) is 6.07 Å². The summed E-state index contributed by atoms with van der Waals surface area (Å²) in [7, 11) is -3.80. The van der Waals surface area contributed by atoms with Crippen molar-refractivity contribution in [3.63, 3.8) is 0 Å². The summed E-state index contributed by atoms with van der Waals surface area (Å²) in [6.45, 7) is 0.304. The zero-order valence-corrected chi connectivity index (χ0v) is 20.7. The highest BCUT2D eigenvalue weighted by atomic mass is 32.2. The molecule has 4 rings (SSSR count). The highest BCUT2D eigenvalue weighted by molar-refractivity contribution is 7.86. The fraction of sp³-hybridized carbons (Fsp3) is 0.609. The molecular formula is C23H28F3N5O5S. The van der Waals surface area contributed by atoms with Crippen molar-refractivity contribution in [3.05, 3.63) is 35.4 Å². The van der Waals surface area contributed by atoms with Gasteiger partial charge in [-0.1, -0.05) is 12.1 Å². The van der Waals surface area contributed by atoms with E-state index >= 15 is 0 Å². The molecule has 1 aromatic rings. The molecule has 1 aromatic carbocycles. The molecule has 3 heterocycles. The third kappa shape index (κ3) is 5.90. The molecule has 0 aliphatic carbocycles. The third-order valence-electron chi connectivity index (χ3n) is 7.03. The summed E-state index contributed by atoms with van der Waals surface area (Å²) >= 11 is 0. The van der Waals surface area contributed by atoms with Crippen LogP contribution in [-0.4, -0.2) is 83.7 Å². The first-order chi connectivity index (χ1) is 17.4. The summed E-state index contributed by atoms with van der Waals surface area (Å²) in [5, 5.41) is 21.7.